The molecule has 0 saturated carbocycles. The van der Waals surface area contributed by atoms with Gasteiger partial charge in [-0.1, -0.05) is 19.8 Å². The molecule has 0 radical (unpaired) electrons. The Bertz CT molecular complexity index is 360. The molecule has 1 aromatic rings. The van der Waals surface area contributed by atoms with Gasteiger partial charge in [0, 0.05) is 12.6 Å². The van der Waals surface area contributed by atoms with E-state index in [0.29, 0.717) is 6.01 Å². The van der Waals surface area contributed by atoms with Gasteiger partial charge >= 0.3 is 5.97 Å². The van der Waals surface area contributed by atoms with E-state index in [0.717, 1.165) is 25.8 Å². The van der Waals surface area contributed by atoms with Crippen LogP contribution in [0, 0.1) is 0 Å². The smallest absolute Gasteiger partial charge is 0.357 e. The summed E-state index contributed by atoms with van der Waals surface area (Å²) >= 11 is 0. The highest BCUT2D eigenvalue weighted by Crippen LogP contribution is 2.17. The van der Waals surface area contributed by atoms with Crippen LogP contribution in [0.1, 0.15) is 50.5 Å². The van der Waals surface area contributed by atoms with Crippen molar-refractivity contribution in [3.8, 4) is 0 Å². The molecular formula is C12H20N2O3. The fraction of sp³-hybridized carbons (Fsp3) is 0.667. The van der Waals surface area contributed by atoms with Crippen LogP contribution in [0.3, 0.4) is 0 Å². The number of carbonyl (C=O) groups is 1. The number of hydrogen-bond donors (Lipinski definition) is 1. The molecular weight excluding hydrogens is 220 g/mol. The molecule has 5 heteroatoms. The molecule has 0 aliphatic rings. The molecule has 0 aliphatic heterocycles. The lowest BCUT2D eigenvalue weighted by Crippen LogP contribution is -2.32. The number of aromatic carboxylic acids is 1. The monoisotopic (exact) mass is 240 g/mol. The predicted octanol–water partition coefficient (Wildman–Crippen LogP) is 2.78. The highest BCUT2D eigenvalue weighted by Gasteiger charge is 2.18. The zero-order chi connectivity index (χ0) is 12.8. The molecule has 17 heavy (non-hydrogen) atoms. The minimum absolute atomic E-state index is 0.0406. The molecule has 0 amide bonds. The van der Waals surface area contributed by atoms with Gasteiger partial charge in [0.15, 0.2) is 5.69 Å². The standard InChI is InChI=1S/C12H20N2O3/c1-4-5-6-7-14(9(2)3)12-13-10(8-17-12)11(15)16/h8-9H,4-7H2,1-3H3,(H,15,16). The molecule has 0 atom stereocenters. The van der Waals surface area contributed by atoms with Crippen molar-refractivity contribution in [2.24, 2.45) is 0 Å². The number of oxazole rings is 1. The maximum Gasteiger partial charge on any atom is 0.357 e. The van der Waals surface area contributed by atoms with Gasteiger partial charge in [0.05, 0.1) is 0 Å². The second-order valence-electron chi connectivity index (χ2n) is 4.31. The Morgan fingerprint density at radius 3 is 2.71 bits per heavy atom. The lowest BCUT2D eigenvalue weighted by atomic mass is 10.2. The third-order valence-corrected chi connectivity index (χ3v) is 2.58. The average molecular weight is 240 g/mol. The Morgan fingerprint density at radius 2 is 2.24 bits per heavy atom. The zero-order valence-corrected chi connectivity index (χ0v) is 10.6. The number of nitrogens with zero attached hydrogens (tertiary/aromatic N) is 2. The van der Waals surface area contributed by atoms with Crippen LogP contribution < -0.4 is 4.90 Å². The summed E-state index contributed by atoms with van der Waals surface area (Å²) in [6.07, 6.45) is 4.54. The molecule has 1 aromatic heterocycles. The van der Waals surface area contributed by atoms with Crippen molar-refractivity contribution in [2.45, 2.75) is 46.1 Å². The van der Waals surface area contributed by atoms with Crippen LogP contribution in [-0.4, -0.2) is 28.6 Å². The number of hydrogen-bond acceptors (Lipinski definition) is 4. The number of aromatic nitrogens is 1. The Labute approximate surface area is 101 Å². The molecule has 0 aromatic carbocycles. The summed E-state index contributed by atoms with van der Waals surface area (Å²) in [4.78, 5) is 16.7. The Hall–Kier alpha value is -1.52. The highest BCUT2D eigenvalue weighted by molar-refractivity contribution is 5.85. The molecule has 0 bridgehead atoms. The van der Waals surface area contributed by atoms with Gasteiger partial charge in [-0.25, -0.2) is 4.79 Å². The summed E-state index contributed by atoms with van der Waals surface area (Å²) in [7, 11) is 0. The van der Waals surface area contributed by atoms with Crippen LogP contribution in [0.15, 0.2) is 10.7 Å². The fourth-order valence-electron chi connectivity index (χ4n) is 1.60. The first-order valence-electron chi connectivity index (χ1n) is 6.01. The van der Waals surface area contributed by atoms with Gasteiger partial charge in [0.2, 0.25) is 0 Å². The predicted molar refractivity (Wildman–Crippen MR) is 65.5 cm³/mol. The molecule has 1 rings (SSSR count). The van der Waals surface area contributed by atoms with E-state index in [2.05, 4.69) is 11.9 Å². The maximum atomic E-state index is 10.7. The van der Waals surface area contributed by atoms with Gasteiger partial charge in [-0.05, 0) is 20.3 Å². The molecule has 0 unspecified atom stereocenters. The fourth-order valence-corrected chi connectivity index (χ4v) is 1.60. The van der Waals surface area contributed by atoms with Gasteiger partial charge in [0.25, 0.3) is 6.01 Å². The van der Waals surface area contributed by atoms with Crippen molar-refractivity contribution in [1.82, 2.24) is 4.98 Å². The molecule has 5 nitrogen and oxygen atoms in total. The van der Waals surface area contributed by atoms with Gasteiger partial charge in [0.1, 0.15) is 6.26 Å². The first-order valence-corrected chi connectivity index (χ1v) is 6.01. The number of unbranched alkanes of at least 4 members (excludes halogenated alkanes) is 2. The number of anilines is 1. The molecule has 1 N–H and O–H groups in total. The first kappa shape index (κ1) is 13.5. The van der Waals surface area contributed by atoms with Crippen molar-refractivity contribution >= 4 is 12.0 Å². The lowest BCUT2D eigenvalue weighted by Gasteiger charge is -2.24. The summed E-state index contributed by atoms with van der Waals surface area (Å²) < 4.78 is 5.21. The lowest BCUT2D eigenvalue weighted by molar-refractivity contribution is 0.0690. The van der Waals surface area contributed by atoms with Gasteiger partial charge in [-0.2, -0.15) is 4.98 Å². The highest BCUT2D eigenvalue weighted by atomic mass is 16.4. The van der Waals surface area contributed by atoms with Gasteiger partial charge < -0.3 is 14.4 Å². The molecule has 0 spiro atoms. The molecule has 0 fully saturated rings. The van der Waals surface area contributed by atoms with Crippen LogP contribution in [0.4, 0.5) is 6.01 Å². The van der Waals surface area contributed by atoms with Gasteiger partial charge in [-0.3, -0.25) is 0 Å². The number of carboxylic acids is 1. The quantitative estimate of drug-likeness (QED) is 0.742. The van der Waals surface area contributed by atoms with E-state index in [1.165, 1.54) is 6.26 Å². The summed E-state index contributed by atoms with van der Waals surface area (Å²) in [5.74, 6) is -1.06. The van der Waals surface area contributed by atoms with Crippen LogP contribution >= 0.6 is 0 Å². The van der Waals surface area contributed by atoms with E-state index in [-0.39, 0.29) is 11.7 Å². The van der Waals surface area contributed by atoms with Gasteiger partial charge in [-0.15, -0.1) is 0 Å². The summed E-state index contributed by atoms with van der Waals surface area (Å²) in [5.41, 5.74) is -0.0406. The number of rotatable bonds is 7. The molecule has 1 heterocycles. The Kier molecular flexibility index (Phi) is 5.00. The second kappa shape index (κ2) is 6.27. The van der Waals surface area contributed by atoms with Crippen LogP contribution in [0.25, 0.3) is 0 Å². The third-order valence-electron chi connectivity index (χ3n) is 2.58. The SMILES string of the molecule is CCCCCN(c1nc(C(=O)O)co1)C(C)C. The van der Waals surface area contributed by atoms with E-state index in [4.69, 9.17) is 9.52 Å². The topological polar surface area (TPSA) is 66.6 Å². The van der Waals surface area contributed by atoms with Crippen molar-refractivity contribution in [3.05, 3.63) is 12.0 Å². The maximum absolute atomic E-state index is 10.7. The second-order valence-corrected chi connectivity index (χ2v) is 4.31. The van der Waals surface area contributed by atoms with Crippen LogP contribution in [-0.2, 0) is 0 Å². The molecule has 0 aliphatic carbocycles. The largest absolute Gasteiger partial charge is 0.476 e. The summed E-state index contributed by atoms with van der Waals surface area (Å²) in [6.45, 7) is 7.06. The van der Waals surface area contributed by atoms with Crippen molar-refractivity contribution < 1.29 is 14.3 Å². The molecule has 0 saturated heterocycles. The Morgan fingerprint density at radius 1 is 1.53 bits per heavy atom. The van der Waals surface area contributed by atoms with E-state index in [1.54, 1.807) is 0 Å². The van der Waals surface area contributed by atoms with Crippen LogP contribution in [0.2, 0.25) is 0 Å². The van der Waals surface area contributed by atoms with Crippen molar-refractivity contribution in [3.63, 3.8) is 0 Å². The van der Waals surface area contributed by atoms with Crippen LogP contribution in [0.5, 0.6) is 0 Å². The summed E-state index contributed by atoms with van der Waals surface area (Å²) in [5, 5.41) is 8.79. The third kappa shape index (κ3) is 3.76. The molecule has 96 valence electrons. The average Bonchev–Trinajstić information content (AvgIpc) is 2.73. The Balaban J connectivity index is 2.71. The normalized spacial score (nSPS) is 10.8. The van der Waals surface area contributed by atoms with Crippen molar-refractivity contribution in [2.75, 3.05) is 11.4 Å². The van der Waals surface area contributed by atoms with E-state index >= 15 is 0 Å². The summed E-state index contributed by atoms with van der Waals surface area (Å²) in [6, 6.07) is 0.639. The van der Waals surface area contributed by atoms with E-state index in [9.17, 15) is 4.79 Å². The minimum atomic E-state index is -1.06. The van der Waals surface area contributed by atoms with E-state index < -0.39 is 5.97 Å². The number of carboxylic acid groups (broad SMARTS) is 1. The zero-order valence-electron chi connectivity index (χ0n) is 10.6. The first-order chi connectivity index (χ1) is 8.06. The van der Waals surface area contributed by atoms with Crippen molar-refractivity contribution in [1.29, 1.82) is 0 Å². The minimum Gasteiger partial charge on any atom is -0.476 e. The van der Waals surface area contributed by atoms with E-state index in [1.807, 2.05) is 18.7 Å².